The smallest absolute Gasteiger partial charge is 0.254 e. The van der Waals surface area contributed by atoms with E-state index in [1.165, 1.54) is 18.6 Å². The zero-order valence-corrected chi connectivity index (χ0v) is 9.79. The zero-order valence-electron chi connectivity index (χ0n) is 9.79. The van der Waals surface area contributed by atoms with Crippen LogP contribution in [0, 0.1) is 11.2 Å². The third kappa shape index (κ3) is 2.57. The van der Waals surface area contributed by atoms with Crippen molar-refractivity contribution in [3.63, 3.8) is 0 Å². The van der Waals surface area contributed by atoms with Crippen LogP contribution in [0.1, 0.15) is 36.5 Å². The fourth-order valence-electron chi connectivity index (χ4n) is 2.03. The molecule has 0 bridgehead atoms. The summed E-state index contributed by atoms with van der Waals surface area (Å²) in [5, 5.41) is 11.8. The number of hydrogen-bond acceptors (Lipinski definition) is 2. The number of aromatic hydroxyl groups is 1. The van der Waals surface area contributed by atoms with Crippen LogP contribution in [0.2, 0.25) is 0 Å². The van der Waals surface area contributed by atoms with E-state index in [1.54, 1.807) is 0 Å². The Morgan fingerprint density at radius 1 is 1.53 bits per heavy atom. The van der Waals surface area contributed by atoms with Gasteiger partial charge in [-0.1, -0.05) is 13.3 Å². The van der Waals surface area contributed by atoms with E-state index in [1.807, 2.05) is 0 Å². The van der Waals surface area contributed by atoms with Gasteiger partial charge in [0.05, 0.1) is 5.56 Å². The SMILES string of the molecule is CC1(CNC(=O)c2ccc(O)cc2F)CCC1. The average molecular weight is 237 g/mol. The van der Waals surface area contributed by atoms with Crippen molar-refractivity contribution in [1.29, 1.82) is 0 Å². The molecule has 0 radical (unpaired) electrons. The summed E-state index contributed by atoms with van der Waals surface area (Å²) < 4.78 is 13.4. The van der Waals surface area contributed by atoms with Crippen molar-refractivity contribution in [2.45, 2.75) is 26.2 Å². The topological polar surface area (TPSA) is 49.3 Å². The molecule has 0 aromatic heterocycles. The Balaban J connectivity index is 1.99. The van der Waals surface area contributed by atoms with E-state index in [4.69, 9.17) is 5.11 Å². The number of halogens is 1. The van der Waals surface area contributed by atoms with Gasteiger partial charge >= 0.3 is 0 Å². The molecule has 2 N–H and O–H groups in total. The molecular formula is C13H16FNO2. The normalized spacial score (nSPS) is 17.3. The van der Waals surface area contributed by atoms with Gasteiger partial charge in [0.1, 0.15) is 11.6 Å². The highest BCUT2D eigenvalue weighted by Crippen LogP contribution is 2.39. The lowest BCUT2D eigenvalue weighted by Gasteiger charge is -2.38. The van der Waals surface area contributed by atoms with Gasteiger partial charge in [-0.3, -0.25) is 4.79 Å². The molecule has 1 fully saturated rings. The summed E-state index contributed by atoms with van der Waals surface area (Å²) in [6.45, 7) is 2.69. The highest BCUT2D eigenvalue weighted by molar-refractivity contribution is 5.94. The second kappa shape index (κ2) is 4.35. The number of amides is 1. The first-order valence-corrected chi connectivity index (χ1v) is 5.77. The molecule has 17 heavy (non-hydrogen) atoms. The van der Waals surface area contributed by atoms with Crippen molar-refractivity contribution in [3.05, 3.63) is 29.6 Å². The predicted molar refractivity (Wildman–Crippen MR) is 62.4 cm³/mol. The van der Waals surface area contributed by atoms with Crippen molar-refractivity contribution < 1.29 is 14.3 Å². The molecule has 1 aliphatic rings. The van der Waals surface area contributed by atoms with Gasteiger partial charge in [0.25, 0.3) is 5.91 Å². The van der Waals surface area contributed by atoms with Gasteiger partial charge in [-0.05, 0) is 30.4 Å². The number of phenolic OH excluding ortho intramolecular Hbond substituents is 1. The maximum atomic E-state index is 13.4. The number of carbonyl (C=O) groups excluding carboxylic acids is 1. The fourth-order valence-corrected chi connectivity index (χ4v) is 2.03. The first-order chi connectivity index (χ1) is 8.00. The largest absolute Gasteiger partial charge is 0.508 e. The number of nitrogens with one attached hydrogen (secondary N) is 1. The molecule has 3 nitrogen and oxygen atoms in total. The molecule has 1 aliphatic carbocycles. The average Bonchev–Trinajstić information content (AvgIpc) is 2.23. The van der Waals surface area contributed by atoms with Gasteiger partial charge in [-0.2, -0.15) is 0 Å². The van der Waals surface area contributed by atoms with Gasteiger partial charge in [0.15, 0.2) is 0 Å². The van der Waals surface area contributed by atoms with E-state index >= 15 is 0 Å². The monoisotopic (exact) mass is 237 g/mol. The van der Waals surface area contributed by atoms with E-state index in [2.05, 4.69) is 12.2 Å². The summed E-state index contributed by atoms with van der Waals surface area (Å²) in [5.74, 6) is -1.29. The summed E-state index contributed by atoms with van der Waals surface area (Å²) in [6, 6.07) is 3.55. The minimum atomic E-state index is -0.693. The van der Waals surface area contributed by atoms with Crippen molar-refractivity contribution in [3.8, 4) is 5.75 Å². The van der Waals surface area contributed by atoms with E-state index in [9.17, 15) is 9.18 Å². The van der Waals surface area contributed by atoms with Gasteiger partial charge in [-0.15, -0.1) is 0 Å². The molecule has 0 atom stereocenters. The van der Waals surface area contributed by atoms with Crippen LogP contribution in [-0.4, -0.2) is 17.6 Å². The molecule has 1 aromatic rings. The fraction of sp³-hybridized carbons (Fsp3) is 0.462. The summed E-state index contributed by atoms with van der Waals surface area (Å²) in [5.41, 5.74) is 0.147. The molecule has 0 heterocycles. The molecule has 2 rings (SSSR count). The van der Waals surface area contributed by atoms with Gasteiger partial charge in [0, 0.05) is 12.6 Å². The number of hydrogen-bond donors (Lipinski definition) is 2. The first-order valence-electron chi connectivity index (χ1n) is 5.77. The molecule has 92 valence electrons. The quantitative estimate of drug-likeness (QED) is 0.848. The Morgan fingerprint density at radius 2 is 2.24 bits per heavy atom. The van der Waals surface area contributed by atoms with E-state index < -0.39 is 11.7 Å². The molecule has 0 spiro atoms. The summed E-state index contributed by atoms with van der Waals surface area (Å²) >= 11 is 0. The van der Waals surface area contributed by atoms with Crippen LogP contribution in [0.5, 0.6) is 5.75 Å². The Labute approximate surface area is 99.7 Å². The van der Waals surface area contributed by atoms with Crippen LogP contribution in [-0.2, 0) is 0 Å². The number of phenols is 1. The third-order valence-corrected chi connectivity index (χ3v) is 3.43. The first kappa shape index (κ1) is 11.9. The van der Waals surface area contributed by atoms with Crippen LogP contribution in [0.4, 0.5) is 4.39 Å². The van der Waals surface area contributed by atoms with Crippen LogP contribution in [0.25, 0.3) is 0 Å². The van der Waals surface area contributed by atoms with Gasteiger partial charge < -0.3 is 10.4 Å². The molecule has 1 aromatic carbocycles. The lowest BCUT2D eigenvalue weighted by molar-refractivity contribution is 0.0887. The third-order valence-electron chi connectivity index (χ3n) is 3.43. The maximum absolute atomic E-state index is 13.4. The van der Waals surface area contributed by atoms with Crippen molar-refractivity contribution in [1.82, 2.24) is 5.32 Å². The van der Waals surface area contributed by atoms with Crippen molar-refractivity contribution >= 4 is 5.91 Å². The van der Waals surface area contributed by atoms with Gasteiger partial charge in [-0.25, -0.2) is 4.39 Å². The lowest BCUT2D eigenvalue weighted by Crippen LogP contribution is -2.40. The molecule has 0 aliphatic heterocycles. The highest BCUT2D eigenvalue weighted by Gasteiger charge is 2.32. The molecule has 1 amide bonds. The maximum Gasteiger partial charge on any atom is 0.254 e. The second-order valence-corrected chi connectivity index (χ2v) is 5.01. The minimum absolute atomic E-state index is 0.0225. The summed E-state index contributed by atoms with van der Waals surface area (Å²) in [4.78, 5) is 11.7. The Morgan fingerprint density at radius 3 is 2.76 bits per heavy atom. The second-order valence-electron chi connectivity index (χ2n) is 5.01. The molecule has 4 heteroatoms. The standard InChI is InChI=1S/C13H16FNO2/c1-13(5-2-6-13)8-15-12(17)10-4-3-9(16)7-11(10)14/h3-4,7,16H,2,5-6,8H2,1H3,(H,15,17). The summed E-state index contributed by atoms with van der Waals surface area (Å²) in [6.07, 6.45) is 3.40. The number of carbonyl (C=O) groups is 1. The Bertz CT molecular complexity index is 441. The Kier molecular flexibility index (Phi) is 3.05. The lowest BCUT2D eigenvalue weighted by atomic mass is 9.70. The summed E-state index contributed by atoms with van der Waals surface area (Å²) in [7, 11) is 0. The number of benzene rings is 1. The minimum Gasteiger partial charge on any atom is -0.508 e. The highest BCUT2D eigenvalue weighted by atomic mass is 19.1. The van der Waals surface area contributed by atoms with Crippen LogP contribution >= 0.6 is 0 Å². The predicted octanol–water partition coefficient (Wildman–Crippen LogP) is 2.45. The van der Waals surface area contributed by atoms with Crippen LogP contribution < -0.4 is 5.32 Å². The van der Waals surface area contributed by atoms with E-state index in [0.717, 1.165) is 18.9 Å². The molecule has 0 saturated heterocycles. The van der Waals surface area contributed by atoms with E-state index in [-0.39, 0.29) is 16.7 Å². The van der Waals surface area contributed by atoms with Crippen molar-refractivity contribution in [2.75, 3.05) is 6.54 Å². The molecule has 0 unspecified atom stereocenters. The van der Waals surface area contributed by atoms with Crippen LogP contribution in [0.15, 0.2) is 18.2 Å². The zero-order chi connectivity index (χ0) is 12.5. The van der Waals surface area contributed by atoms with Crippen LogP contribution in [0.3, 0.4) is 0 Å². The number of rotatable bonds is 3. The molecular weight excluding hydrogens is 221 g/mol. The van der Waals surface area contributed by atoms with E-state index in [0.29, 0.717) is 6.54 Å². The molecule has 1 saturated carbocycles. The van der Waals surface area contributed by atoms with Crippen molar-refractivity contribution in [2.24, 2.45) is 5.41 Å². The van der Waals surface area contributed by atoms with Gasteiger partial charge in [0.2, 0.25) is 0 Å². The Hall–Kier alpha value is -1.58.